The normalized spacial score (nSPS) is 13.2. The second-order valence-electron chi connectivity index (χ2n) is 9.10. The minimum atomic E-state index is -1.78. The Bertz CT molecular complexity index is 859. The van der Waals surface area contributed by atoms with Gasteiger partial charge in [0.15, 0.2) is 8.32 Å². The third kappa shape index (κ3) is 6.14. The van der Waals surface area contributed by atoms with Gasteiger partial charge in [-0.15, -0.1) is 0 Å². The van der Waals surface area contributed by atoms with Crippen LogP contribution in [0.25, 0.3) is 0 Å². The summed E-state index contributed by atoms with van der Waals surface area (Å²) < 4.78 is 11.9. The molecular formula is C23H33NO5Si. The molecule has 6 nitrogen and oxygen atoms in total. The van der Waals surface area contributed by atoms with Crippen LogP contribution in [0.2, 0.25) is 18.1 Å². The maximum absolute atomic E-state index is 11.4. The van der Waals surface area contributed by atoms with Crippen molar-refractivity contribution in [3.8, 4) is 5.75 Å². The highest BCUT2D eigenvalue weighted by atomic mass is 28.4. The fourth-order valence-corrected chi connectivity index (χ4v) is 3.82. The molecule has 30 heavy (non-hydrogen) atoms. The van der Waals surface area contributed by atoms with Crippen LogP contribution in [0.3, 0.4) is 0 Å². The Balaban J connectivity index is 2.05. The SMILES string of the molecule is Cc1ccc(C(O)c2cc(OCCCO[Si](C)(C)C(C)(C)C)ccc2[N+](=O)[O-])cc1. The van der Waals surface area contributed by atoms with Gasteiger partial charge in [0.25, 0.3) is 5.69 Å². The van der Waals surface area contributed by atoms with Crippen molar-refractivity contribution in [2.24, 2.45) is 0 Å². The maximum atomic E-state index is 11.4. The summed E-state index contributed by atoms with van der Waals surface area (Å²) in [5, 5.41) is 22.3. The number of hydrogen-bond donors (Lipinski definition) is 1. The molecule has 0 aliphatic heterocycles. The van der Waals surface area contributed by atoms with E-state index in [2.05, 4.69) is 33.9 Å². The first-order valence-corrected chi connectivity index (χ1v) is 13.1. The highest BCUT2D eigenvalue weighted by molar-refractivity contribution is 6.74. The zero-order chi connectivity index (χ0) is 22.5. The molecule has 0 aromatic heterocycles. The number of hydrogen-bond acceptors (Lipinski definition) is 5. The zero-order valence-corrected chi connectivity index (χ0v) is 19.8. The smallest absolute Gasteiger partial charge is 0.275 e. The van der Waals surface area contributed by atoms with E-state index in [1.807, 2.05) is 19.1 Å². The van der Waals surface area contributed by atoms with Crippen LogP contribution in [-0.4, -0.2) is 31.6 Å². The molecule has 0 spiro atoms. The quantitative estimate of drug-likeness (QED) is 0.236. The lowest BCUT2D eigenvalue weighted by Gasteiger charge is -2.36. The third-order valence-electron chi connectivity index (χ3n) is 5.71. The van der Waals surface area contributed by atoms with Crippen LogP contribution >= 0.6 is 0 Å². The summed E-state index contributed by atoms with van der Waals surface area (Å²) in [6.45, 7) is 14.0. The highest BCUT2D eigenvalue weighted by Crippen LogP contribution is 2.36. The van der Waals surface area contributed by atoms with E-state index in [1.54, 1.807) is 24.3 Å². The number of nitrogens with zero attached hydrogens (tertiary/aromatic N) is 1. The van der Waals surface area contributed by atoms with Gasteiger partial charge in [-0.2, -0.15) is 0 Å². The van der Waals surface area contributed by atoms with Gasteiger partial charge in [-0.05, 0) is 42.8 Å². The second kappa shape index (κ2) is 9.72. The summed E-state index contributed by atoms with van der Waals surface area (Å²) in [5.41, 5.74) is 1.75. The predicted molar refractivity (Wildman–Crippen MR) is 122 cm³/mol. The number of aliphatic hydroxyl groups is 1. The molecule has 7 heteroatoms. The summed E-state index contributed by atoms with van der Waals surface area (Å²) >= 11 is 0. The van der Waals surface area contributed by atoms with Gasteiger partial charge in [-0.3, -0.25) is 10.1 Å². The third-order valence-corrected chi connectivity index (χ3v) is 10.2. The van der Waals surface area contributed by atoms with Gasteiger partial charge in [0.1, 0.15) is 11.9 Å². The van der Waals surface area contributed by atoms with E-state index < -0.39 is 19.3 Å². The lowest BCUT2D eigenvalue weighted by molar-refractivity contribution is -0.386. The molecule has 0 amide bonds. The molecule has 0 bridgehead atoms. The van der Waals surface area contributed by atoms with Crippen LogP contribution < -0.4 is 4.74 Å². The highest BCUT2D eigenvalue weighted by Gasteiger charge is 2.36. The van der Waals surface area contributed by atoms with E-state index in [0.717, 1.165) is 12.0 Å². The first kappa shape index (κ1) is 24.1. The lowest BCUT2D eigenvalue weighted by atomic mass is 9.99. The number of nitro benzene ring substituents is 1. The van der Waals surface area contributed by atoms with Crippen molar-refractivity contribution in [2.45, 2.75) is 58.4 Å². The van der Waals surface area contributed by atoms with Crippen LogP contribution in [0.15, 0.2) is 42.5 Å². The molecule has 164 valence electrons. The number of benzene rings is 2. The summed E-state index contributed by atoms with van der Waals surface area (Å²) in [6.07, 6.45) is -0.379. The average molecular weight is 432 g/mol. The van der Waals surface area contributed by atoms with Gasteiger partial charge in [-0.25, -0.2) is 0 Å². The molecule has 2 aromatic rings. The van der Waals surface area contributed by atoms with Crippen molar-refractivity contribution in [2.75, 3.05) is 13.2 Å². The van der Waals surface area contributed by atoms with E-state index in [9.17, 15) is 15.2 Å². The molecule has 2 rings (SSSR count). The van der Waals surface area contributed by atoms with E-state index in [4.69, 9.17) is 9.16 Å². The Hall–Kier alpha value is -2.22. The van der Waals surface area contributed by atoms with Gasteiger partial charge in [0.2, 0.25) is 0 Å². The van der Waals surface area contributed by atoms with Crippen LogP contribution in [-0.2, 0) is 4.43 Å². The fourth-order valence-electron chi connectivity index (χ4n) is 2.73. The van der Waals surface area contributed by atoms with Gasteiger partial charge >= 0.3 is 0 Å². The molecule has 0 heterocycles. The average Bonchev–Trinajstić information content (AvgIpc) is 2.66. The van der Waals surface area contributed by atoms with Crippen LogP contribution in [0, 0.1) is 17.0 Å². The van der Waals surface area contributed by atoms with Crippen molar-refractivity contribution in [3.05, 3.63) is 69.3 Å². The molecule has 0 saturated heterocycles. The maximum Gasteiger partial charge on any atom is 0.275 e. The second-order valence-corrected chi connectivity index (χ2v) is 13.9. The Kier molecular flexibility index (Phi) is 7.79. The Morgan fingerprint density at radius 2 is 1.73 bits per heavy atom. The molecule has 2 aromatic carbocycles. The fraction of sp³-hybridized carbons (Fsp3) is 0.478. The predicted octanol–water partition coefficient (Wildman–Crippen LogP) is 5.78. The van der Waals surface area contributed by atoms with E-state index in [-0.39, 0.29) is 16.3 Å². The molecule has 0 aliphatic rings. The lowest BCUT2D eigenvalue weighted by Crippen LogP contribution is -2.41. The Morgan fingerprint density at radius 1 is 1.10 bits per heavy atom. The van der Waals surface area contributed by atoms with Crippen molar-refractivity contribution in [3.63, 3.8) is 0 Å². The number of ether oxygens (including phenoxy) is 1. The largest absolute Gasteiger partial charge is 0.493 e. The molecule has 0 saturated carbocycles. The molecule has 1 unspecified atom stereocenters. The Morgan fingerprint density at radius 3 is 2.30 bits per heavy atom. The van der Waals surface area contributed by atoms with Crippen LogP contribution in [0.5, 0.6) is 5.75 Å². The van der Waals surface area contributed by atoms with E-state index in [0.29, 0.717) is 24.5 Å². The molecule has 1 N–H and O–H groups in total. The molecular weight excluding hydrogens is 398 g/mol. The molecule has 0 radical (unpaired) electrons. The summed E-state index contributed by atoms with van der Waals surface area (Å²) in [4.78, 5) is 11.0. The summed E-state index contributed by atoms with van der Waals surface area (Å²) in [5.74, 6) is 0.495. The number of aliphatic hydroxyl groups excluding tert-OH is 1. The van der Waals surface area contributed by atoms with Gasteiger partial charge < -0.3 is 14.3 Å². The standard InChI is InChI=1S/C23H33NO5Si/c1-17-8-10-18(11-9-17)22(25)20-16-19(12-13-21(20)24(26)27)28-14-7-15-29-30(5,6)23(2,3)4/h8-13,16,22,25H,7,14-15H2,1-6H3. The minimum Gasteiger partial charge on any atom is -0.493 e. The van der Waals surface area contributed by atoms with Gasteiger partial charge in [0, 0.05) is 19.1 Å². The monoisotopic (exact) mass is 431 g/mol. The minimum absolute atomic E-state index is 0.128. The van der Waals surface area contributed by atoms with Gasteiger partial charge in [-0.1, -0.05) is 50.6 Å². The number of aryl methyl sites for hydroxylation is 1. The first-order chi connectivity index (χ1) is 13.9. The molecule has 0 fully saturated rings. The van der Waals surface area contributed by atoms with Crippen molar-refractivity contribution < 1.29 is 19.2 Å². The van der Waals surface area contributed by atoms with Crippen molar-refractivity contribution >= 4 is 14.0 Å². The van der Waals surface area contributed by atoms with Crippen LogP contribution in [0.1, 0.15) is 50.0 Å². The van der Waals surface area contributed by atoms with E-state index >= 15 is 0 Å². The number of nitro groups is 1. The molecule has 1 atom stereocenters. The summed E-state index contributed by atoms with van der Waals surface area (Å²) in [6, 6.07) is 11.8. The van der Waals surface area contributed by atoms with E-state index in [1.165, 1.54) is 6.07 Å². The van der Waals surface area contributed by atoms with Crippen molar-refractivity contribution in [1.82, 2.24) is 0 Å². The van der Waals surface area contributed by atoms with Crippen LogP contribution in [0.4, 0.5) is 5.69 Å². The van der Waals surface area contributed by atoms with Gasteiger partial charge in [0.05, 0.1) is 17.1 Å². The topological polar surface area (TPSA) is 81.8 Å². The first-order valence-electron chi connectivity index (χ1n) is 10.2. The Labute approximate surface area is 180 Å². The zero-order valence-electron chi connectivity index (χ0n) is 18.8. The molecule has 0 aliphatic carbocycles. The summed E-state index contributed by atoms with van der Waals surface area (Å²) in [7, 11) is -1.78. The number of rotatable bonds is 9. The van der Waals surface area contributed by atoms with Crippen molar-refractivity contribution in [1.29, 1.82) is 0 Å².